The quantitative estimate of drug-likeness (QED) is 0.816. The summed E-state index contributed by atoms with van der Waals surface area (Å²) in [5.41, 5.74) is 1.28. The van der Waals surface area contributed by atoms with E-state index in [1.54, 1.807) is 0 Å². The first-order valence-corrected chi connectivity index (χ1v) is 6.77. The number of halogens is 1. The number of piperazine rings is 1. The molecule has 94 valence electrons. The van der Waals surface area contributed by atoms with Crippen LogP contribution in [0.25, 0.3) is 0 Å². The van der Waals surface area contributed by atoms with E-state index in [9.17, 15) is 0 Å². The maximum Gasteiger partial charge on any atom is 0.0453 e. The molecule has 1 aliphatic heterocycles. The third-order valence-corrected chi connectivity index (χ3v) is 3.97. The average molecular weight is 253 g/mol. The van der Waals surface area contributed by atoms with Crippen LogP contribution < -0.4 is 0 Å². The zero-order chi connectivity index (χ0) is 12.3. The van der Waals surface area contributed by atoms with Crippen molar-refractivity contribution in [2.24, 2.45) is 0 Å². The van der Waals surface area contributed by atoms with Crippen molar-refractivity contribution in [1.82, 2.24) is 9.80 Å². The largest absolute Gasteiger partial charge is 0.304 e. The maximum atomic E-state index is 6.31. The van der Waals surface area contributed by atoms with E-state index in [2.05, 4.69) is 35.9 Å². The summed E-state index contributed by atoms with van der Waals surface area (Å²) in [6.45, 7) is 6.83. The van der Waals surface area contributed by atoms with Crippen molar-refractivity contribution < 1.29 is 0 Å². The van der Waals surface area contributed by atoms with Gasteiger partial charge >= 0.3 is 0 Å². The fourth-order valence-electron chi connectivity index (χ4n) is 2.55. The molecule has 1 aromatic carbocycles. The van der Waals surface area contributed by atoms with Crippen molar-refractivity contribution in [2.75, 3.05) is 33.2 Å². The van der Waals surface area contributed by atoms with Crippen molar-refractivity contribution in [3.05, 3.63) is 34.9 Å². The van der Waals surface area contributed by atoms with Crippen molar-refractivity contribution in [1.29, 1.82) is 0 Å². The minimum absolute atomic E-state index is 0.470. The van der Waals surface area contributed by atoms with Crippen LogP contribution in [0.15, 0.2) is 24.3 Å². The topological polar surface area (TPSA) is 6.48 Å². The Hall–Kier alpha value is -0.570. The van der Waals surface area contributed by atoms with Crippen molar-refractivity contribution in [3.63, 3.8) is 0 Å². The van der Waals surface area contributed by atoms with Crippen molar-refractivity contribution in [3.8, 4) is 0 Å². The van der Waals surface area contributed by atoms with Gasteiger partial charge in [0.15, 0.2) is 0 Å². The van der Waals surface area contributed by atoms with Crippen LogP contribution in [-0.4, -0.2) is 43.0 Å². The molecular weight excluding hydrogens is 232 g/mol. The molecule has 0 spiro atoms. The Balaban J connectivity index is 2.14. The predicted octanol–water partition coefficient (Wildman–Crippen LogP) is 3.04. The van der Waals surface area contributed by atoms with E-state index < -0.39 is 0 Å². The standard InChI is InChI=1S/C14H21ClN2/c1-3-14(12-6-4-5-7-13(12)15)17-10-8-16(2)9-11-17/h4-7,14H,3,8-11H2,1-2H3. The van der Waals surface area contributed by atoms with Gasteiger partial charge in [0.1, 0.15) is 0 Å². The molecule has 1 fully saturated rings. The highest BCUT2D eigenvalue weighted by Crippen LogP contribution is 2.30. The highest BCUT2D eigenvalue weighted by molar-refractivity contribution is 6.31. The number of nitrogens with zero attached hydrogens (tertiary/aromatic N) is 2. The van der Waals surface area contributed by atoms with Gasteiger partial charge in [0, 0.05) is 37.2 Å². The van der Waals surface area contributed by atoms with Crippen LogP contribution >= 0.6 is 11.6 Å². The Morgan fingerprint density at radius 2 is 1.82 bits per heavy atom. The van der Waals surface area contributed by atoms with Crippen LogP contribution in [0.3, 0.4) is 0 Å². The molecule has 0 radical (unpaired) electrons. The van der Waals surface area contributed by atoms with Crippen LogP contribution in [0, 0.1) is 0 Å². The Morgan fingerprint density at radius 3 is 2.41 bits per heavy atom. The van der Waals surface area contributed by atoms with Gasteiger partial charge in [-0.05, 0) is 25.1 Å². The van der Waals surface area contributed by atoms with Gasteiger partial charge in [0.25, 0.3) is 0 Å². The number of hydrogen-bond acceptors (Lipinski definition) is 2. The van der Waals surface area contributed by atoms with E-state index >= 15 is 0 Å². The lowest BCUT2D eigenvalue weighted by molar-refractivity contribution is 0.109. The molecule has 2 rings (SSSR count). The third-order valence-electron chi connectivity index (χ3n) is 3.63. The highest BCUT2D eigenvalue weighted by Gasteiger charge is 2.23. The van der Waals surface area contributed by atoms with Crippen LogP contribution in [-0.2, 0) is 0 Å². The van der Waals surface area contributed by atoms with Gasteiger partial charge < -0.3 is 4.90 Å². The lowest BCUT2D eigenvalue weighted by Gasteiger charge is -2.38. The summed E-state index contributed by atoms with van der Waals surface area (Å²) >= 11 is 6.31. The average Bonchev–Trinajstić information content (AvgIpc) is 2.35. The number of benzene rings is 1. The molecule has 0 aliphatic carbocycles. The summed E-state index contributed by atoms with van der Waals surface area (Å²) in [5, 5.41) is 0.901. The first-order valence-electron chi connectivity index (χ1n) is 6.39. The summed E-state index contributed by atoms with van der Waals surface area (Å²) in [6.07, 6.45) is 1.12. The summed E-state index contributed by atoms with van der Waals surface area (Å²) in [5.74, 6) is 0. The summed E-state index contributed by atoms with van der Waals surface area (Å²) < 4.78 is 0. The van der Waals surface area contributed by atoms with Gasteiger partial charge in [-0.15, -0.1) is 0 Å². The van der Waals surface area contributed by atoms with Gasteiger partial charge in [-0.2, -0.15) is 0 Å². The second-order valence-corrected chi connectivity index (χ2v) is 5.19. The van der Waals surface area contributed by atoms with E-state index in [1.165, 1.54) is 5.56 Å². The Kier molecular flexibility index (Phi) is 4.43. The van der Waals surface area contributed by atoms with Crippen molar-refractivity contribution in [2.45, 2.75) is 19.4 Å². The predicted molar refractivity (Wildman–Crippen MR) is 73.6 cm³/mol. The van der Waals surface area contributed by atoms with E-state index in [0.29, 0.717) is 6.04 Å². The molecule has 1 atom stereocenters. The molecule has 0 bridgehead atoms. The molecule has 1 saturated heterocycles. The molecule has 0 amide bonds. The molecule has 1 heterocycles. The summed E-state index contributed by atoms with van der Waals surface area (Å²) in [4.78, 5) is 4.94. The van der Waals surface area contributed by atoms with Crippen molar-refractivity contribution >= 4 is 11.6 Å². The molecule has 2 nitrogen and oxygen atoms in total. The fourth-order valence-corrected chi connectivity index (χ4v) is 2.82. The summed E-state index contributed by atoms with van der Waals surface area (Å²) in [6, 6.07) is 8.71. The molecular formula is C14H21ClN2. The van der Waals surface area contributed by atoms with Gasteiger partial charge in [-0.25, -0.2) is 0 Å². The Labute approximate surface area is 109 Å². The van der Waals surface area contributed by atoms with E-state index in [-0.39, 0.29) is 0 Å². The van der Waals surface area contributed by atoms with Crippen LogP contribution in [0.1, 0.15) is 24.9 Å². The number of hydrogen-bond donors (Lipinski definition) is 0. The van der Waals surface area contributed by atoms with E-state index in [0.717, 1.165) is 37.6 Å². The molecule has 17 heavy (non-hydrogen) atoms. The monoisotopic (exact) mass is 252 g/mol. The molecule has 1 aliphatic rings. The molecule has 3 heteroatoms. The zero-order valence-electron chi connectivity index (χ0n) is 10.7. The number of rotatable bonds is 3. The SMILES string of the molecule is CCC(c1ccccc1Cl)N1CCN(C)CC1. The molecule has 0 N–H and O–H groups in total. The second-order valence-electron chi connectivity index (χ2n) is 4.78. The van der Waals surface area contributed by atoms with Gasteiger partial charge in [0.05, 0.1) is 0 Å². The van der Waals surface area contributed by atoms with Gasteiger partial charge in [-0.1, -0.05) is 36.7 Å². The minimum Gasteiger partial charge on any atom is -0.304 e. The molecule has 1 unspecified atom stereocenters. The lowest BCUT2D eigenvalue weighted by Crippen LogP contribution is -2.45. The van der Waals surface area contributed by atoms with Crippen LogP contribution in [0.2, 0.25) is 5.02 Å². The smallest absolute Gasteiger partial charge is 0.0453 e. The zero-order valence-corrected chi connectivity index (χ0v) is 11.5. The fraction of sp³-hybridized carbons (Fsp3) is 0.571. The van der Waals surface area contributed by atoms with Gasteiger partial charge in [-0.3, -0.25) is 4.90 Å². The second kappa shape index (κ2) is 5.85. The molecule has 0 aromatic heterocycles. The maximum absolute atomic E-state index is 6.31. The first-order chi connectivity index (χ1) is 8.22. The molecule has 1 aromatic rings. The first kappa shape index (κ1) is 12.9. The minimum atomic E-state index is 0.470. The highest BCUT2D eigenvalue weighted by atomic mass is 35.5. The molecule has 0 saturated carbocycles. The normalized spacial score (nSPS) is 20.4. The summed E-state index contributed by atoms with van der Waals surface area (Å²) in [7, 11) is 2.19. The Morgan fingerprint density at radius 1 is 1.18 bits per heavy atom. The van der Waals surface area contributed by atoms with E-state index in [1.807, 2.05) is 12.1 Å². The number of likely N-dealkylation sites (N-methyl/N-ethyl adjacent to an activating group) is 1. The Bertz CT molecular complexity index is 359. The van der Waals surface area contributed by atoms with Crippen LogP contribution in [0.5, 0.6) is 0 Å². The van der Waals surface area contributed by atoms with E-state index in [4.69, 9.17) is 11.6 Å². The van der Waals surface area contributed by atoms with Crippen LogP contribution in [0.4, 0.5) is 0 Å². The lowest BCUT2D eigenvalue weighted by atomic mass is 10.0. The third kappa shape index (κ3) is 3.01. The van der Waals surface area contributed by atoms with Gasteiger partial charge in [0.2, 0.25) is 0 Å².